The molecule has 1 aromatic heterocycles. The Morgan fingerprint density at radius 1 is 0.895 bits per heavy atom. The van der Waals surface area contributed by atoms with Crippen molar-refractivity contribution in [3.05, 3.63) is 129 Å². The molecule has 38 heavy (non-hydrogen) atoms. The number of anilines is 1. The molecule has 4 unspecified atom stereocenters. The number of aryl methyl sites for hydroxylation is 1. The van der Waals surface area contributed by atoms with Crippen molar-refractivity contribution < 1.29 is 14.4 Å². The summed E-state index contributed by atoms with van der Waals surface area (Å²) in [7, 11) is 0. The van der Waals surface area contributed by atoms with Crippen molar-refractivity contribution in [3.8, 4) is 0 Å². The number of hydrogen-bond acceptors (Lipinski definition) is 5. The number of nitrogens with one attached hydrogen (secondary N) is 1. The fourth-order valence-corrected chi connectivity index (χ4v) is 7.33. The largest absolute Gasteiger partial charge is 0.358 e. The number of Topliss-reactive ketones (excluding diaryl/α,β-unsaturated/α-hetero) is 2. The summed E-state index contributed by atoms with van der Waals surface area (Å²) < 4.78 is 0. The summed E-state index contributed by atoms with van der Waals surface area (Å²) in [5.41, 5.74) is 3.61. The van der Waals surface area contributed by atoms with Crippen molar-refractivity contribution >= 4 is 40.6 Å². The predicted molar refractivity (Wildman–Crippen MR) is 148 cm³/mol. The van der Waals surface area contributed by atoms with E-state index in [0.29, 0.717) is 16.1 Å². The van der Waals surface area contributed by atoms with Crippen molar-refractivity contribution in [2.24, 2.45) is 5.92 Å². The van der Waals surface area contributed by atoms with Crippen LogP contribution in [-0.4, -0.2) is 28.4 Å². The predicted octanol–water partition coefficient (Wildman–Crippen LogP) is 6.04. The zero-order valence-corrected chi connectivity index (χ0v) is 21.4. The zero-order valence-electron chi connectivity index (χ0n) is 20.6. The Hall–Kier alpha value is -4.29. The van der Waals surface area contributed by atoms with Gasteiger partial charge in [-0.25, -0.2) is 0 Å². The summed E-state index contributed by atoms with van der Waals surface area (Å²) in [4.78, 5) is 45.8. The Balaban J connectivity index is 1.55. The first kappa shape index (κ1) is 22.9. The maximum absolute atomic E-state index is 14.6. The number of fused-ring (bicyclic) bond motifs is 6. The monoisotopic (exact) mass is 516 g/mol. The molecule has 1 saturated heterocycles. The topological polar surface area (TPSA) is 66.5 Å². The number of carbonyl (C=O) groups excluding carboxylic acids is 3. The van der Waals surface area contributed by atoms with Gasteiger partial charge in [0.15, 0.2) is 11.6 Å². The standard InChI is InChI=1S/C32H24N2O3S/c1-19-12-14-21(15-13-19)28(35)26-27(29(36)25-11-6-18-38-25)34-17-16-20-7-2-3-8-22(20)30(34)32(26)23-9-4-5-10-24(23)33-31(32)37/h2-18,26-27,30H,1H3,(H,33,37). The molecule has 1 N–H and O–H groups in total. The molecule has 6 heteroatoms. The maximum Gasteiger partial charge on any atom is 0.238 e. The number of thiophene rings is 1. The third kappa shape index (κ3) is 3.01. The van der Waals surface area contributed by atoms with Gasteiger partial charge in [0.2, 0.25) is 5.91 Å². The molecule has 4 atom stereocenters. The van der Waals surface area contributed by atoms with Crippen LogP contribution in [0.3, 0.4) is 0 Å². The molecule has 4 heterocycles. The van der Waals surface area contributed by atoms with Gasteiger partial charge in [0.05, 0.1) is 16.8 Å². The lowest BCUT2D eigenvalue weighted by molar-refractivity contribution is -0.122. The van der Waals surface area contributed by atoms with Gasteiger partial charge in [0.25, 0.3) is 0 Å². The molecule has 1 spiro atoms. The highest BCUT2D eigenvalue weighted by molar-refractivity contribution is 7.12. The highest BCUT2D eigenvalue weighted by Gasteiger charge is 2.70. The molecule has 0 bridgehead atoms. The van der Waals surface area contributed by atoms with Gasteiger partial charge in [-0.2, -0.15) is 0 Å². The van der Waals surface area contributed by atoms with Gasteiger partial charge >= 0.3 is 0 Å². The Morgan fingerprint density at radius 3 is 2.45 bits per heavy atom. The van der Waals surface area contributed by atoms with Gasteiger partial charge in [-0.3, -0.25) is 14.4 Å². The number of carbonyl (C=O) groups is 3. The summed E-state index contributed by atoms with van der Waals surface area (Å²) in [6.07, 6.45) is 3.88. The van der Waals surface area contributed by atoms with Crippen molar-refractivity contribution in [1.29, 1.82) is 0 Å². The van der Waals surface area contributed by atoms with Gasteiger partial charge in [-0.1, -0.05) is 78.4 Å². The van der Waals surface area contributed by atoms with E-state index in [-0.39, 0.29) is 17.5 Å². The highest BCUT2D eigenvalue weighted by atomic mass is 32.1. The molecular weight excluding hydrogens is 492 g/mol. The number of para-hydroxylation sites is 1. The lowest BCUT2D eigenvalue weighted by Gasteiger charge is -2.38. The fraction of sp³-hybridized carbons (Fsp3) is 0.156. The van der Waals surface area contributed by atoms with Crippen LogP contribution < -0.4 is 5.32 Å². The summed E-state index contributed by atoms with van der Waals surface area (Å²) in [5.74, 6) is -1.53. The molecule has 3 aliphatic heterocycles. The number of benzene rings is 3. The van der Waals surface area contributed by atoms with Gasteiger partial charge < -0.3 is 10.2 Å². The molecular formula is C32H24N2O3S. The molecule has 0 aliphatic carbocycles. The third-order valence-corrected chi connectivity index (χ3v) is 9.11. The van der Waals surface area contributed by atoms with E-state index in [9.17, 15) is 14.4 Å². The van der Waals surface area contributed by atoms with Gasteiger partial charge in [-0.05, 0) is 47.2 Å². The first-order valence-corrected chi connectivity index (χ1v) is 13.5. The highest BCUT2D eigenvalue weighted by Crippen LogP contribution is 2.62. The van der Waals surface area contributed by atoms with Crippen LogP contribution in [0.4, 0.5) is 5.69 Å². The second kappa shape index (κ2) is 8.36. The average Bonchev–Trinajstić information content (AvgIpc) is 3.65. The van der Waals surface area contributed by atoms with E-state index in [1.165, 1.54) is 11.3 Å². The lowest BCUT2D eigenvalue weighted by Crippen LogP contribution is -2.49. The van der Waals surface area contributed by atoms with Gasteiger partial charge in [0, 0.05) is 17.5 Å². The van der Waals surface area contributed by atoms with Crippen LogP contribution in [0.2, 0.25) is 0 Å². The Bertz CT molecular complexity index is 1640. The Labute approximate surface area is 224 Å². The normalized spacial score (nSPS) is 24.6. The van der Waals surface area contributed by atoms with Crippen LogP contribution in [0, 0.1) is 12.8 Å². The number of rotatable bonds is 4. The van der Waals surface area contributed by atoms with Gasteiger partial charge in [0.1, 0.15) is 11.5 Å². The Kier molecular flexibility index (Phi) is 5.03. The smallest absolute Gasteiger partial charge is 0.238 e. The van der Waals surface area contributed by atoms with E-state index in [4.69, 9.17) is 0 Å². The second-order valence-corrected chi connectivity index (χ2v) is 11.1. The minimum absolute atomic E-state index is 0.145. The van der Waals surface area contributed by atoms with Crippen LogP contribution in [0.5, 0.6) is 0 Å². The van der Waals surface area contributed by atoms with E-state index < -0.39 is 23.4 Å². The summed E-state index contributed by atoms with van der Waals surface area (Å²) in [6, 6.07) is 25.2. The van der Waals surface area contributed by atoms with Crippen molar-refractivity contribution in [2.75, 3.05) is 5.32 Å². The van der Waals surface area contributed by atoms with E-state index >= 15 is 0 Å². The number of hydrogen-bond donors (Lipinski definition) is 1. The van der Waals surface area contributed by atoms with E-state index in [1.807, 2.05) is 96.2 Å². The van der Waals surface area contributed by atoms with Crippen LogP contribution in [-0.2, 0) is 10.2 Å². The van der Waals surface area contributed by atoms with Gasteiger partial charge in [-0.15, -0.1) is 11.3 Å². The lowest BCUT2D eigenvalue weighted by atomic mass is 9.62. The molecule has 1 fully saturated rings. The van der Waals surface area contributed by atoms with Crippen molar-refractivity contribution in [1.82, 2.24) is 4.90 Å². The SMILES string of the molecule is Cc1ccc(C(=O)C2C(C(=O)c3cccs3)N3C=Cc4ccccc4C3C23C(=O)Nc2ccccc23)cc1. The fourth-order valence-electron chi connectivity index (χ4n) is 6.63. The molecule has 0 saturated carbocycles. The molecule has 4 aromatic rings. The molecule has 5 nitrogen and oxygen atoms in total. The molecule has 7 rings (SSSR count). The maximum atomic E-state index is 14.6. The molecule has 0 radical (unpaired) electrons. The first-order valence-electron chi connectivity index (χ1n) is 12.7. The quantitative estimate of drug-likeness (QED) is 0.336. The zero-order chi connectivity index (χ0) is 26.0. The van der Waals surface area contributed by atoms with E-state index in [2.05, 4.69) is 5.32 Å². The third-order valence-electron chi connectivity index (χ3n) is 8.22. The second-order valence-electron chi connectivity index (χ2n) is 10.2. The number of nitrogens with zero attached hydrogens (tertiary/aromatic N) is 1. The Morgan fingerprint density at radius 2 is 1.66 bits per heavy atom. The summed E-state index contributed by atoms with van der Waals surface area (Å²) >= 11 is 1.36. The number of amides is 1. The molecule has 3 aliphatic rings. The minimum Gasteiger partial charge on any atom is -0.358 e. The van der Waals surface area contributed by atoms with E-state index in [1.54, 1.807) is 18.2 Å². The van der Waals surface area contributed by atoms with Crippen LogP contribution in [0.15, 0.2) is 96.5 Å². The van der Waals surface area contributed by atoms with Crippen LogP contribution >= 0.6 is 11.3 Å². The van der Waals surface area contributed by atoms with Crippen LogP contribution in [0.1, 0.15) is 48.3 Å². The molecule has 186 valence electrons. The number of ketones is 2. The minimum atomic E-state index is -1.29. The van der Waals surface area contributed by atoms with Crippen LogP contribution in [0.25, 0.3) is 6.08 Å². The van der Waals surface area contributed by atoms with E-state index in [0.717, 1.165) is 22.3 Å². The molecule has 1 amide bonds. The first-order chi connectivity index (χ1) is 18.5. The summed E-state index contributed by atoms with van der Waals surface area (Å²) in [5, 5.41) is 4.95. The summed E-state index contributed by atoms with van der Waals surface area (Å²) in [6.45, 7) is 1.97. The van der Waals surface area contributed by atoms with Crippen molar-refractivity contribution in [2.45, 2.75) is 24.4 Å². The average molecular weight is 517 g/mol. The van der Waals surface area contributed by atoms with Crippen molar-refractivity contribution in [3.63, 3.8) is 0 Å². The molecule has 3 aromatic carbocycles.